The van der Waals surface area contributed by atoms with E-state index in [-0.39, 0.29) is 23.9 Å². The number of nitrogens with zero attached hydrogens (tertiary/aromatic N) is 1. The Balaban J connectivity index is 1.60. The third-order valence-corrected chi connectivity index (χ3v) is 5.18. The van der Waals surface area contributed by atoms with Gasteiger partial charge in [0.15, 0.2) is 0 Å². The Morgan fingerprint density at radius 1 is 1.29 bits per heavy atom. The van der Waals surface area contributed by atoms with Gasteiger partial charge in [0.25, 0.3) is 5.91 Å². The highest BCUT2D eigenvalue weighted by Gasteiger charge is 2.28. The third-order valence-electron chi connectivity index (χ3n) is 5.18. The van der Waals surface area contributed by atoms with Crippen LogP contribution in [0.3, 0.4) is 0 Å². The summed E-state index contributed by atoms with van der Waals surface area (Å²) in [5, 5.41) is 5.90. The van der Waals surface area contributed by atoms with E-state index in [1.807, 2.05) is 11.9 Å². The van der Waals surface area contributed by atoms with E-state index in [1.54, 1.807) is 25.3 Å². The number of ether oxygens (including phenoxy) is 3. The van der Waals surface area contributed by atoms with Crippen molar-refractivity contribution in [3.63, 3.8) is 0 Å². The fourth-order valence-corrected chi connectivity index (χ4v) is 3.46. The second kappa shape index (κ2) is 9.75. The Kier molecular flexibility index (Phi) is 7.11. The van der Waals surface area contributed by atoms with Crippen molar-refractivity contribution in [1.29, 1.82) is 0 Å². The number of nitrogens with one attached hydrogen (secondary N) is 2. The van der Waals surface area contributed by atoms with E-state index in [0.29, 0.717) is 45.0 Å². The molecular formula is C20H29N3O5. The van der Waals surface area contributed by atoms with Gasteiger partial charge in [0.2, 0.25) is 5.91 Å². The Morgan fingerprint density at radius 3 is 2.82 bits per heavy atom. The van der Waals surface area contributed by atoms with E-state index in [4.69, 9.17) is 14.2 Å². The molecule has 0 bridgehead atoms. The van der Waals surface area contributed by atoms with Crippen molar-refractivity contribution in [2.24, 2.45) is 0 Å². The van der Waals surface area contributed by atoms with Gasteiger partial charge < -0.3 is 29.7 Å². The minimum atomic E-state index is -0.160. The fourth-order valence-electron chi connectivity index (χ4n) is 3.46. The van der Waals surface area contributed by atoms with Gasteiger partial charge in [0.1, 0.15) is 12.4 Å². The summed E-state index contributed by atoms with van der Waals surface area (Å²) in [5.41, 5.74) is 1.37. The molecule has 8 nitrogen and oxygen atoms in total. The first-order valence-electron chi connectivity index (χ1n) is 9.72. The Hall–Kier alpha value is -2.32. The lowest BCUT2D eigenvalue weighted by Gasteiger charge is -2.36. The zero-order chi connectivity index (χ0) is 19.9. The lowest BCUT2D eigenvalue weighted by molar-refractivity contribution is -0.122. The number of anilines is 1. The average Bonchev–Trinajstić information content (AvgIpc) is 2.71. The average molecular weight is 391 g/mol. The normalized spacial score (nSPS) is 19.5. The van der Waals surface area contributed by atoms with Crippen LogP contribution in [0.2, 0.25) is 0 Å². The number of likely N-dealkylation sites (N-methyl/N-ethyl adjacent to an activating group) is 1. The first-order valence-corrected chi connectivity index (χ1v) is 9.72. The zero-order valence-corrected chi connectivity index (χ0v) is 16.5. The predicted molar refractivity (Wildman–Crippen MR) is 105 cm³/mol. The van der Waals surface area contributed by atoms with Gasteiger partial charge in [-0.3, -0.25) is 9.59 Å². The van der Waals surface area contributed by atoms with Gasteiger partial charge in [-0.1, -0.05) is 0 Å². The molecule has 0 radical (unpaired) electrons. The van der Waals surface area contributed by atoms with Crippen molar-refractivity contribution in [3.05, 3.63) is 23.8 Å². The molecule has 2 N–H and O–H groups in total. The molecule has 0 aromatic heterocycles. The summed E-state index contributed by atoms with van der Waals surface area (Å²) in [6, 6.07) is 5.45. The molecule has 1 unspecified atom stereocenters. The summed E-state index contributed by atoms with van der Waals surface area (Å²) in [5.74, 6) is 0.578. The zero-order valence-electron chi connectivity index (χ0n) is 16.5. The van der Waals surface area contributed by atoms with Crippen LogP contribution in [0.15, 0.2) is 18.2 Å². The van der Waals surface area contributed by atoms with E-state index >= 15 is 0 Å². The maximum atomic E-state index is 12.4. The Labute approximate surface area is 165 Å². The summed E-state index contributed by atoms with van der Waals surface area (Å²) in [4.78, 5) is 26.8. The van der Waals surface area contributed by atoms with E-state index in [0.717, 1.165) is 24.3 Å². The highest BCUT2D eigenvalue weighted by molar-refractivity contribution is 5.95. The molecule has 0 aliphatic carbocycles. The van der Waals surface area contributed by atoms with Crippen LogP contribution in [0.25, 0.3) is 0 Å². The standard InChI is InChI=1S/C20H29N3O5/c1-23-16(12-19(24)22-15-5-8-27-9-6-15)13-28-18-4-3-14(11-17(18)23)20(25)21-7-10-26-2/h3-4,11,15-16H,5-10,12-13H2,1-2H3,(H,21,25)(H,22,24). The molecule has 2 amide bonds. The quantitative estimate of drug-likeness (QED) is 0.673. The van der Waals surface area contributed by atoms with E-state index in [1.165, 1.54) is 0 Å². The molecule has 2 aliphatic heterocycles. The number of benzene rings is 1. The number of carbonyl (C=O) groups is 2. The number of hydrogen-bond donors (Lipinski definition) is 2. The van der Waals surface area contributed by atoms with E-state index in [2.05, 4.69) is 10.6 Å². The number of hydrogen-bond acceptors (Lipinski definition) is 6. The summed E-state index contributed by atoms with van der Waals surface area (Å²) in [6.45, 7) is 2.74. The molecule has 3 rings (SSSR count). The van der Waals surface area contributed by atoms with Crippen LogP contribution in [0.1, 0.15) is 29.6 Å². The number of fused-ring (bicyclic) bond motifs is 1. The Bertz CT molecular complexity index is 690. The topological polar surface area (TPSA) is 89.1 Å². The van der Waals surface area contributed by atoms with Crippen molar-refractivity contribution in [3.8, 4) is 5.75 Å². The molecule has 28 heavy (non-hydrogen) atoms. The smallest absolute Gasteiger partial charge is 0.251 e. The van der Waals surface area contributed by atoms with Gasteiger partial charge in [0, 0.05) is 45.5 Å². The van der Waals surface area contributed by atoms with Crippen LogP contribution < -0.4 is 20.3 Å². The Morgan fingerprint density at radius 2 is 2.07 bits per heavy atom. The lowest BCUT2D eigenvalue weighted by Crippen LogP contribution is -2.46. The highest BCUT2D eigenvalue weighted by atomic mass is 16.5. The van der Waals surface area contributed by atoms with Crippen molar-refractivity contribution >= 4 is 17.5 Å². The van der Waals surface area contributed by atoms with Crippen molar-refractivity contribution in [1.82, 2.24) is 10.6 Å². The van der Waals surface area contributed by atoms with E-state index < -0.39 is 0 Å². The van der Waals surface area contributed by atoms with Crippen LogP contribution >= 0.6 is 0 Å². The first-order chi connectivity index (χ1) is 13.6. The predicted octanol–water partition coefficient (Wildman–Crippen LogP) is 0.945. The molecule has 1 fully saturated rings. The van der Waals surface area contributed by atoms with Gasteiger partial charge in [-0.15, -0.1) is 0 Å². The molecule has 0 spiro atoms. The van der Waals surface area contributed by atoms with Gasteiger partial charge in [-0.25, -0.2) is 0 Å². The van der Waals surface area contributed by atoms with Crippen molar-refractivity contribution < 1.29 is 23.8 Å². The second-order valence-electron chi connectivity index (χ2n) is 7.17. The lowest BCUT2D eigenvalue weighted by atomic mass is 10.1. The summed E-state index contributed by atoms with van der Waals surface area (Å²) >= 11 is 0. The minimum absolute atomic E-state index is 0.0178. The first kappa shape index (κ1) is 20.4. The molecule has 8 heteroatoms. The van der Waals surface area contributed by atoms with Gasteiger partial charge in [-0.2, -0.15) is 0 Å². The van der Waals surface area contributed by atoms with E-state index in [9.17, 15) is 9.59 Å². The summed E-state index contributed by atoms with van der Waals surface area (Å²) < 4.78 is 16.1. The van der Waals surface area contributed by atoms with Crippen LogP contribution in [-0.2, 0) is 14.3 Å². The van der Waals surface area contributed by atoms with Crippen LogP contribution in [-0.4, -0.2) is 71.0 Å². The van der Waals surface area contributed by atoms with Crippen LogP contribution in [0, 0.1) is 0 Å². The molecular weight excluding hydrogens is 362 g/mol. The largest absolute Gasteiger partial charge is 0.489 e. The number of rotatable bonds is 7. The fraction of sp³-hybridized carbons (Fsp3) is 0.600. The summed E-state index contributed by atoms with van der Waals surface area (Å²) in [7, 11) is 3.52. The van der Waals surface area contributed by atoms with Crippen LogP contribution in [0.4, 0.5) is 5.69 Å². The van der Waals surface area contributed by atoms with Crippen LogP contribution in [0.5, 0.6) is 5.75 Å². The number of carbonyl (C=O) groups excluding carboxylic acids is 2. The summed E-state index contributed by atoms with van der Waals surface area (Å²) in [6.07, 6.45) is 2.05. The number of amides is 2. The molecule has 154 valence electrons. The molecule has 0 saturated carbocycles. The highest BCUT2D eigenvalue weighted by Crippen LogP contribution is 2.34. The minimum Gasteiger partial charge on any atom is -0.489 e. The maximum absolute atomic E-state index is 12.4. The molecule has 1 saturated heterocycles. The number of methoxy groups -OCH3 is 1. The molecule has 1 aromatic rings. The second-order valence-corrected chi connectivity index (χ2v) is 7.17. The molecule has 2 aliphatic rings. The SMILES string of the molecule is COCCNC(=O)c1ccc2c(c1)N(C)C(CC(=O)NC1CCOCC1)CO2. The van der Waals surface area contributed by atoms with Gasteiger partial charge in [-0.05, 0) is 31.0 Å². The maximum Gasteiger partial charge on any atom is 0.251 e. The molecule has 1 atom stereocenters. The molecule has 2 heterocycles. The molecule has 1 aromatic carbocycles. The third kappa shape index (κ3) is 5.14. The van der Waals surface area contributed by atoms with Crippen molar-refractivity contribution in [2.75, 3.05) is 52.0 Å². The van der Waals surface area contributed by atoms with Gasteiger partial charge in [0.05, 0.1) is 24.8 Å². The van der Waals surface area contributed by atoms with Gasteiger partial charge >= 0.3 is 0 Å². The van der Waals surface area contributed by atoms with Crippen molar-refractivity contribution in [2.45, 2.75) is 31.3 Å². The monoisotopic (exact) mass is 391 g/mol.